The zero-order valence-corrected chi connectivity index (χ0v) is 14.1. The maximum absolute atomic E-state index is 11.9. The Hall–Kier alpha value is -2.61. The van der Waals surface area contributed by atoms with Crippen molar-refractivity contribution in [3.63, 3.8) is 0 Å². The van der Waals surface area contributed by atoms with Crippen LogP contribution in [0.5, 0.6) is 5.75 Å². The fourth-order valence-corrected chi connectivity index (χ4v) is 2.54. The lowest BCUT2D eigenvalue weighted by Gasteiger charge is -2.05. The first-order valence-corrected chi connectivity index (χ1v) is 7.73. The molecule has 8 heteroatoms. The Morgan fingerprint density at radius 1 is 1.25 bits per heavy atom. The van der Waals surface area contributed by atoms with Gasteiger partial charge in [0.05, 0.1) is 11.0 Å². The maximum Gasteiger partial charge on any atom is 0.328 e. The molecule has 3 aromatic rings. The van der Waals surface area contributed by atoms with Gasteiger partial charge in [0.2, 0.25) is 0 Å². The van der Waals surface area contributed by atoms with E-state index in [1.807, 2.05) is 32.0 Å². The van der Waals surface area contributed by atoms with E-state index in [0.717, 1.165) is 11.0 Å². The summed E-state index contributed by atoms with van der Waals surface area (Å²) in [5.74, 6) is 1.50. The highest BCUT2D eigenvalue weighted by Crippen LogP contribution is 2.20. The van der Waals surface area contributed by atoms with Crippen molar-refractivity contribution in [2.24, 2.45) is 14.1 Å². The molecule has 0 saturated heterocycles. The van der Waals surface area contributed by atoms with E-state index in [-0.39, 0.29) is 18.4 Å². The van der Waals surface area contributed by atoms with Crippen LogP contribution in [0.25, 0.3) is 11.0 Å². The summed E-state index contributed by atoms with van der Waals surface area (Å²) in [4.78, 5) is 16.2. The molecule has 0 N–H and O–H groups in total. The molecule has 2 aromatic heterocycles. The lowest BCUT2D eigenvalue weighted by Crippen LogP contribution is -2.19. The molecule has 128 valence electrons. The highest BCUT2D eigenvalue weighted by molar-refractivity contribution is 5.77. The molecule has 1 unspecified atom stereocenters. The smallest absolute Gasteiger partial charge is 0.328 e. The Morgan fingerprint density at radius 2 is 2.00 bits per heavy atom. The summed E-state index contributed by atoms with van der Waals surface area (Å²) in [6, 6.07) is 5.47. The normalized spacial score (nSPS) is 12.7. The van der Waals surface area contributed by atoms with Gasteiger partial charge in [-0.25, -0.2) is 4.79 Å². The summed E-state index contributed by atoms with van der Waals surface area (Å²) >= 11 is 0. The summed E-state index contributed by atoms with van der Waals surface area (Å²) < 4.78 is 19.5. The number of aromatic nitrogens is 4. The number of fused-ring (bicyclic) bond motifs is 1. The summed E-state index contributed by atoms with van der Waals surface area (Å²) in [7, 11) is 3.47. The van der Waals surface area contributed by atoms with E-state index in [9.17, 15) is 4.79 Å². The van der Waals surface area contributed by atoms with Crippen molar-refractivity contribution in [2.75, 3.05) is 6.61 Å². The molecular formula is C16H20N4O4. The van der Waals surface area contributed by atoms with Crippen molar-refractivity contribution in [3.05, 3.63) is 40.4 Å². The van der Waals surface area contributed by atoms with Gasteiger partial charge >= 0.3 is 5.69 Å². The van der Waals surface area contributed by atoms with Gasteiger partial charge in [0.25, 0.3) is 5.89 Å². The topological polar surface area (TPSA) is 84.3 Å². The lowest BCUT2D eigenvalue weighted by molar-refractivity contribution is 0.0683. The summed E-state index contributed by atoms with van der Waals surface area (Å²) in [6.45, 7) is 4.51. The zero-order chi connectivity index (χ0) is 17.3. The molecule has 2 heterocycles. The lowest BCUT2D eigenvalue weighted by atomic mass is 10.3. The Morgan fingerprint density at radius 3 is 2.75 bits per heavy atom. The monoisotopic (exact) mass is 332 g/mol. The van der Waals surface area contributed by atoms with E-state index in [0.29, 0.717) is 24.1 Å². The number of rotatable bonds is 6. The predicted octanol–water partition coefficient (Wildman–Crippen LogP) is 1.94. The van der Waals surface area contributed by atoms with E-state index in [2.05, 4.69) is 10.1 Å². The minimum Gasteiger partial charge on any atom is -0.484 e. The molecule has 0 bridgehead atoms. The van der Waals surface area contributed by atoms with E-state index < -0.39 is 0 Å². The van der Waals surface area contributed by atoms with Gasteiger partial charge in [-0.3, -0.25) is 9.13 Å². The molecule has 0 spiro atoms. The van der Waals surface area contributed by atoms with Crippen LogP contribution < -0.4 is 10.4 Å². The molecule has 0 aliphatic heterocycles. The molecule has 24 heavy (non-hydrogen) atoms. The SMILES string of the molecule is CCOC(C)c1noc(COc2ccc3c(c2)n(C)c(=O)n3C)n1. The van der Waals surface area contributed by atoms with Crippen molar-refractivity contribution < 1.29 is 14.0 Å². The third-order valence-corrected chi connectivity index (χ3v) is 3.87. The Balaban J connectivity index is 1.74. The molecule has 0 aliphatic rings. The first-order chi connectivity index (χ1) is 11.5. The van der Waals surface area contributed by atoms with Gasteiger partial charge in [-0.1, -0.05) is 5.16 Å². The molecule has 0 fully saturated rings. The number of ether oxygens (including phenoxy) is 2. The fraction of sp³-hybridized carbons (Fsp3) is 0.438. The second-order valence-corrected chi connectivity index (χ2v) is 5.48. The van der Waals surface area contributed by atoms with Crippen molar-refractivity contribution in [2.45, 2.75) is 26.6 Å². The molecule has 8 nitrogen and oxygen atoms in total. The highest BCUT2D eigenvalue weighted by atomic mass is 16.5. The van der Waals surface area contributed by atoms with E-state index in [1.165, 1.54) is 0 Å². The maximum atomic E-state index is 11.9. The second-order valence-electron chi connectivity index (χ2n) is 5.48. The van der Waals surface area contributed by atoms with E-state index in [4.69, 9.17) is 14.0 Å². The van der Waals surface area contributed by atoms with Gasteiger partial charge in [0, 0.05) is 26.8 Å². The average molecular weight is 332 g/mol. The van der Waals surface area contributed by atoms with Crippen LogP contribution in [0.3, 0.4) is 0 Å². The molecule has 1 aromatic carbocycles. The molecule has 3 rings (SSSR count). The van der Waals surface area contributed by atoms with Crippen LogP contribution in [0, 0.1) is 0 Å². The van der Waals surface area contributed by atoms with Crippen LogP contribution in [-0.2, 0) is 25.4 Å². The Bertz CT molecular complexity index is 909. The van der Waals surface area contributed by atoms with Crippen molar-refractivity contribution >= 4 is 11.0 Å². The molecule has 0 amide bonds. The van der Waals surface area contributed by atoms with Crippen LogP contribution in [0.4, 0.5) is 0 Å². The van der Waals surface area contributed by atoms with Gasteiger partial charge < -0.3 is 14.0 Å². The van der Waals surface area contributed by atoms with E-state index in [1.54, 1.807) is 23.2 Å². The fourth-order valence-electron chi connectivity index (χ4n) is 2.54. The Kier molecular flexibility index (Phi) is 4.39. The number of nitrogens with zero attached hydrogens (tertiary/aromatic N) is 4. The largest absolute Gasteiger partial charge is 0.484 e. The van der Waals surface area contributed by atoms with Crippen LogP contribution in [0.1, 0.15) is 31.7 Å². The molecule has 0 radical (unpaired) electrons. The standard InChI is InChI=1S/C16H20N4O4/c1-5-22-10(2)15-17-14(24-18-15)9-23-11-6-7-12-13(8-11)20(4)16(21)19(12)3/h6-8,10H,5,9H2,1-4H3. The first-order valence-electron chi connectivity index (χ1n) is 7.73. The summed E-state index contributed by atoms with van der Waals surface area (Å²) in [6.07, 6.45) is -0.220. The van der Waals surface area contributed by atoms with Gasteiger partial charge in [0.15, 0.2) is 12.4 Å². The van der Waals surface area contributed by atoms with E-state index >= 15 is 0 Å². The molecule has 0 saturated carbocycles. The second kappa shape index (κ2) is 6.48. The van der Waals surface area contributed by atoms with Gasteiger partial charge in [0.1, 0.15) is 11.9 Å². The average Bonchev–Trinajstić information content (AvgIpc) is 3.14. The number of hydrogen-bond acceptors (Lipinski definition) is 6. The number of imidazole rings is 1. The van der Waals surface area contributed by atoms with Crippen molar-refractivity contribution in [3.8, 4) is 5.75 Å². The summed E-state index contributed by atoms with van der Waals surface area (Å²) in [5.41, 5.74) is 1.57. The molecular weight excluding hydrogens is 312 g/mol. The number of benzene rings is 1. The third-order valence-electron chi connectivity index (χ3n) is 3.87. The van der Waals surface area contributed by atoms with Crippen LogP contribution in [0.15, 0.2) is 27.5 Å². The van der Waals surface area contributed by atoms with Crippen molar-refractivity contribution in [1.29, 1.82) is 0 Å². The first kappa shape index (κ1) is 16.3. The summed E-state index contributed by atoms with van der Waals surface area (Å²) in [5, 5.41) is 3.89. The molecule has 0 aliphatic carbocycles. The van der Waals surface area contributed by atoms with Crippen LogP contribution in [0.2, 0.25) is 0 Å². The van der Waals surface area contributed by atoms with Crippen molar-refractivity contribution in [1.82, 2.24) is 19.3 Å². The highest BCUT2D eigenvalue weighted by Gasteiger charge is 2.14. The Labute approximate surface area is 138 Å². The minimum atomic E-state index is -0.220. The van der Waals surface area contributed by atoms with Crippen LogP contribution >= 0.6 is 0 Å². The predicted molar refractivity (Wildman–Crippen MR) is 86.8 cm³/mol. The minimum absolute atomic E-state index is 0.0754. The zero-order valence-electron chi connectivity index (χ0n) is 14.1. The number of hydrogen-bond donors (Lipinski definition) is 0. The quantitative estimate of drug-likeness (QED) is 0.686. The van der Waals surface area contributed by atoms with Gasteiger partial charge in [-0.15, -0.1) is 0 Å². The molecule has 1 atom stereocenters. The van der Waals surface area contributed by atoms with Gasteiger partial charge in [-0.2, -0.15) is 4.98 Å². The number of aryl methyl sites for hydroxylation is 2. The third kappa shape index (κ3) is 2.92. The van der Waals surface area contributed by atoms with Crippen LogP contribution in [-0.4, -0.2) is 25.9 Å². The van der Waals surface area contributed by atoms with Gasteiger partial charge in [-0.05, 0) is 26.0 Å².